The number of halogens is 1. The lowest BCUT2D eigenvalue weighted by atomic mass is 9.91. The van der Waals surface area contributed by atoms with Crippen LogP contribution in [0.5, 0.6) is 0 Å². The Morgan fingerprint density at radius 1 is 1.10 bits per heavy atom. The topological polar surface area (TPSA) is 66.4 Å². The zero-order valence-electron chi connectivity index (χ0n) is 12.1. The highest BCUT2D eigenvalue weighted by Crippen LogP contribution is 2.49. The molecule has 0 bridgehead atoms. The summed E-state index contributed by atoms with van der Waals surface area (Å²) >= 11 is 2.24. The summed E-state index contributed by atoms with van der Waals surface area (Å²) in [5, 5.41) is 10.2. The molecule has 6 nitrogen and oxygen atoms in total. The first-order valence-electron chi connectivity index (χ1n) is 6.78. The first-order valence-corrected chi connectivity index (χ1v) is 8.31. The van der Waals surface area contributed by atoms with Crippen molar-refractivity contribution in [3.05, 3.63) is 0 Å². The van der Waals surface area contributed by atoms with Gasteiger partial charge in [-0.25, -0.2) is 0 Å². The highest BCUT2D eigenvalue weighted by atomic mass is 127. The molecular weight excluding hydrogens is 379 g/mol. The summed E-state index contributed by atoms with van der Waals surface area (Å²) in [6, 6.07) is 0. The molecule has 0 spiro atoms. The fourth-order valence-corrected chi connectivity index (χ4v) is 4.27. The van der Waals surface area contributed by atoms with Gasteiger partial charge in [-0.3, -0.25) is 0 Å². The van der Waals surface area contributed by atoms with E-state index in [1.54, 1.807) is 0 Å². The minimum Gasteiger partial charge on any atom is -0.366 e. The molecule has 7 heteroatoms. The van der Waals surface area contributed by atoms with E-state index < -0.39 is 35.7 Å². The van der Waals surface area contributed by atoms with Gasteiger partial charge < -0.3 is 28.8 Å². The summed E-state index contributed by atoms with van der Waals surface area (Å²) in [5.74, 6) is -1.38. The Hall–Kier alpha value is 0.490. The summed E-state index contributed by atoms with van der Waals surface area (Å²) < 4.78 is 29.8. The number of aliphatic hydroxyl groups is 1. The van der Waals surface area contributed by atoms with Crippen LogP contribution in [0.1, 0.15) is 27.7 Å². The van der Waals surface area contributed by atoms with Crippen molar-refractivity contribution >= 4 is 22.6 Å². The zero-order valence-corrected chi connectivity index (χ0v) is 14.2. The van der Waals surface area contributed by atoms with E-state index in [0.29, 0.717) is 11.0 Å². The normalized spacial score (nSPS) is 49.5. The molecule has 0 aliphatic carbocycles. The van der Waals surface area contributed by atoms with Crippen molar-refractivity contribution in [2.24, 2.45) is 0 Å². The molecule has 3 saturated heterocycles. The van der Waals surface area contributed by atoms with Crippen molar-refractivity contribution in [2.75, 3.05) is 11.0 Å². The Balaban J connectivity index is 1.88. The molecule has 0 saturated carbocycles. The van der Waals surface area contributed by atoms with Crippen molar-refractivity contribution in [2.45, 2.75) is 69.5 Å². The van der Waals surface area contributed by atoms with Gasteiger partial charge in [-0.05, 0) is 27.7 Å². The van der Waals surface area contributed by atoms with E-state index in [1.165, 1.54) is 0 Å². The minimum atomic E-state index is -1.01. The van der Waals surface area contributed by atoms with Crippen molar-refractivity contribution in [3.8, 4) is 0 Å². The number of hydrogen-bond acceptors (Lipinski definition) is 6. The maximum Gasteiger partial charge on any atom is 0.184 e. The lowest BCUT2D eigenvalue weighted by Gasteiger charge is -2.34. The molecule has 3 aliphatic heterocycles. The summed E-state index contributed by atoms with van der Waals surface area (Å²) in [6.07, 6.45) is -2.21. The van der Waals surface area contributed by atoms with Gasteiger partial charge in [0.15, 0.2) is 17.9 Å². The molecule has 1 N–H and O–H groups in total. The van der Waals surface area contributed by atoms with Crippen molar-refractivity contribution < 1.29 is 28.8 Å². The monoisotopic (exact) mass is 400 g/mol. The molecule has 5 atom stereocenters. The molecule has 0 radical (unpaired) electrons. The van der Waals surface area contributed by atoms with Crippen LogP contribution in [-0.4, -0.2) is 57.9 Å². The predicted molar refractivity (Wildman–Crippen MR) is 77.4 cm³/mol. The van der Waals surface area contributed by atoms with Crippen LogP contribution >= 0.6 is 22.6 Å². The SMILES string of the molecule is CC1(C)OC[C@H]([C@H]2OC(O)[C@@H]3OC(C)(C)O[C@]23CI)O1. The molecule has 0 aromatic carbocycles. The van der Waals surface area contributed by atoms with Gasteiger partial charge in [0, 0.05) is 4.43 Å². The van der Waals surface area contributed by atoms with Crippen LogP contribution < -0.4 is 0 Å². The van der Waals surface area contributed by atoms with Crippen LogP contribution in [0.3, 0.4) is 0 Å². The van der Waals surface area contributed by atoms with E-state index in [9.17, 15) is 5.11 Å². The predicted octanol–water partition coefficient (Wildman–Crippen LogP) is 1.18. The van der Waals surface area contributed by atoms with Gasteiger partial charge in [-0.15, -0.1) is 0 Å². The molecule has 3 fully saturated rings. The molecule has 3 aliphatic rings. The number of aliphatic hydroxyl groups excluding tert-OH is 1. The Bertz CT molecular complexity index is 400. The Morgan fingerprint density at radius 3 is 2.35 bits per heavy atom. The number of hydrogen-bond donors (Lipinski definition) is 1. The Kier molecular flexibility index (Phi) is 3.65. The fourth-order valence-electron chi connectivity index (χ4n) is 3.25. The van der Waals surface area contributed by atoms with Crippen molar-refractivity contribution in [3.63, 3.8) is 0 Å². The first-order chi connectivity index (χ1) is 9.19. The van der Waals surface area contributed by atoms with Gasteiger partial charge >= 0.3 is 0 Å². The van der Waals surface area contributed by atoms with Gasteiger partial charge in [-0.2, -0.15) is 0 Å². The van der Waals surface area contributed by atoms with Gasteiger partial charge in [0.05, 0.1) is 6.61 Å². The second-order valence-electron chi connectivity index (χ2n) is 6.44. The molecule has 3 rings (SSSR count). The van der Waals surface area contributed by atoms with Crippen LogP contribution in [0.2, 0.25) is 0 Å². The Morgan fingerprint density at radius 2 is 1.80 bits per heavy atom. The molecular formula is C13H21IO6. The van der Waals surface area contributed by atoms with Crippen LogP contribution in [0, 0.1) is 0 Å². The van der Waals surface area contributed by atoms with E-state index in [2.05, 4.69) is 22.6 Å². The minimum absolute atomic E-state index is 0.281. The highest BCUT2D eigenvalue weighted by molar-refractivity contribution is 14.1. The van der Waals surface area contributed by atoms with Gasteiger partial charge in [-0.1, -0.05) is 22.6 Å². The van der Waals surface area contributed by atoms with Crippen LogP contribution in [-0.2, 0) is 23.7 Å². The van der Waals surface area contributed by atoms with Crippen LogP contribution in [0.25, 0.3) is 0 Å². The van der Waals surface area contributed by atoms with Gasteiger partial charge in [0.2, 0.25) is 0 Å². The average Bonchev–Trinajstić information content (AvgIpc) is 2.90. The molecule has 116 valence electrons. The third kappa shape index (κ3) is 2.31. The van der Waals surface area contributed by atoms with Crippen molar-refractivity contribution in [1.29, 1.82) is 0 Å². The summed E-state index contributed by atoms with van der Waals surface area (Å²) in [4.78, 5) is 0. The third-order valence-electron chi connectivity index (χ3n) is 3.93. The highest BCUT2D eigenvalue weighted by Gasteiger charge is 2.68. The third-order valence-corrected chi connectivity index (χ3v) is 5.12. The zero-order chi connectivity index (χ0) is 14.8. The van der Waals surface area contributed by atoms with Crippen LogP contribution in [0.4, 0.5) is 0 Å². The maximum absolute atomic E-state index is 10.2. The second kappa shape index (κ2) is 4.74. The quantitative estimate of drug-likeness (QED) is 0.555. The molecule has 0 aromatic heterocycles. The molecule has 3 heterocycles. The number of ether oxygens (including phenoxy) is 5. The number of alkyl halides is 1. The number of rotatable bonds is 2. The number of fused-ring (bicyclic) bond motifs is 1. The molecule has 1 unspecified atom stereocenters. The maximum atomic E-state index is 10.2. The average molecular weight is 400 g/mol. The molecule has 0 amide bonds. The van der Waals surface area contributed by atoms with Gasteiger partial charge in [0.1, 0.15) is 23.9 Å². The molecule has 0 aromatic rings. The van der Waals surface area contributed by atoms with Crippen LogP contribution in [0.15, 0.2) is 0 Å². The van der Waals surface area contributed by atoms with E-state index in [1.807, 2.05) is 27.7 Å². The van der Waals surface area contributed by atoms with E-state index in [4.69, 9.17) is 23.7 Å². The lowest BCUT2D eigenvalue weighted by molar-refractivity contribution is -0.245. The summed E-state index contributed by atoms with van der Waals surface area (Å²) in [7, 11) is 0. The second-order valence-corrected chi connectivity index (χ2v) is 7.21. The fraction of sp³-hybridized carbons (Fsp3) is 1.00. The molecule has 20 heavy (non-hydrogen) atoms. The summed E-state index contributed by atoms with van der Waals surface area (Å²) in [6.45, 7) is 7.84. The summed E-state index contributed by atoms with van der Waals surface area (Å²) in [5.41, 5.74) is -0.710. The van der Waals surface area contributed by atoms with E-state index in [-0.39, 0.29) is 6.10 Å². The smallest absolute Gasteiger partial charge is 0.184 e. The van der Waals surface area contributed by atoms with E-state index >= 15 is 0 Å². The largest absolute Gasteiger partial charge is 0.366 e. The first kappa shape index (κ1) is 15.4. The van der Waals surface area contributed by atoms with Gasteiger partial charge in [0.25, 0.3) is 0 Å². The van der Waals surface area contributed by atoms with E-state index in [0.717, 1.165) is 0 Å². The van der Waals surface area contributed by atoms with Crippen molar-refractivity contribution in [1.82, 2.24) is 0 Å². The lowest BCUT2D eigenvalue weighted by Crippen LogP contribution is -2.53. The Labute approximate surface area is 132 Å². The standard InChI is InChI=1S/C13H21IO6/c1-11(2)16-5-7(18-11)8-13(6-14)9(10(15)17-8)19-12(3,4)20-13/h7-10,15H,5-6H2,1-4H3/t7-,8-,9+,10?,13-/m1/s1.